The number of carboxylic acid groups (broad SMARTS) is 3. The van der Waals surface area contributed by atoms with Gasteiger partial charge in [-0.25, -0.2) is 27.4 Å². The quantitative estimate of drug-likeness (QED) is 0.188. The fraction of sp³-hybridized carbons (Fsp3) is 0.500. The predicted molar refractivity (Wildman–Crippen MR) is 127 cm³/mol. The number of aliphatic hydroxyl groups excluding tert-OH is 3. The van der Waals surface area contributed by atoms with E-state index in [0.29, 0.717) is 0 Å². The first-order valence-electron chi connectivity index (χ1n) is 11.8. The van der Waals surface area contributed by atoms with Crippen LogP contribution in [-0.2, 0) is 35.5 Å². The summed E-state index contributed by atoms with van der Waals surface area (Å²) < 4.78 is 10.8. The average Bonchev–Trinajstić information content (AvgIpc) is 3.55. The summed E-state index contributed by atoms with van der Waals surface area (Å²) in [6.45, 7) is 5.17. The summed E-state index contributed by atoms with van der Waals surface area (Å²) in [7, 11) is 5.75. The Labute approximate surface area is 231 Å². The third kappa shape index (κ3) is 14.1. The molecule has 16 nitrogen and oxygen atoms in total. The van der Waals surface area contributed by atoms with Gasteiger partial charge < -0.3 is 50.1 Å². The Hall–Kier alpha value is -4.12. The lowest BCUT2D eigenvalue weighted by Crippen LogP contribution is -2.54. The van der Waals surface area contributed by atoms with Crippen LogP contribution in [0.2, 0.25) is 0 Å². The van der Waals surface area contributed by atoms with E-state index in [1.54, 1.807) is 34.5 Å². The standard InChI is InChI=1S/3C6H11N2O.C6H8O7/c3*1-6(9)8-4-3-7(2)5-8;7-3(8)1-6(13,5(11)12)2-4(9)10/h3*3-6,9H,1-2H3;13H,1-2H2,(H,7,8)(H,9,10)(H,11,12)/q3*+1;/p-3. The number of hydrogen-bond donors (Lipinski definition) is 4. The Morgan fingerprint density at radius 2 is 0.925 bits per heavy atom. The van der Waals surface area contributed by atoms with Crippen molar-refractivity contribution in [2.75, 3.05) is 0 Å². The molecule has 3 aromatic heterocycles. The molecule has 16 heteroatoms. The molecule has 0 fully saturated rings. The summed E-state index contributed by atoms with van der Waals surface area (Å²) in [5.74, 6) is -5.98. The molecule has 0 aromatic carbocycles. The van der Waals surface area contributed by atoms with Crippen LogP contribution >= 0.6 is 0 Å². The number of nitrogens with zero attached hydrogens (tertiary/aromatic N) is 6. The van der Waals surface area contributed by atoms with Crippen molar-refractivity contribution < 1.29 is 63.8 Å². The Bertz CT molecular complexity index is 1080. The second-order valence-electron chi connectivity index (χ2n) is 8.89. The van der Waals surface area contributed by atoms with E-state index in [1.807, 2.05) is 91.0 Å². The number of aryl methyl sites for hydroxylation is 3. The molecule has 0 aliphatic heterocycles. The topological polar surface area (TPSA) is 228 Å². The molecule has 0 aliphatic rings. The molecule has 4 N–H and O–H groups in total. The maximum Gasteiger partial charge on any atom is 0.245 e. The van der Waals surface area contributed by atoms with Gasteiger partial charge in [0, 0.05) is 45.6 Å². The molecule has 0 saturated heterocycles. The summed E-state index contributed by atoms with van der Waals surface area (Å²) in [5.41, 5.74) is -2.97. The largest absolute Gasteiger partial charge is 0.550 e. The first kappa shape index (κ1) is 35.9. The number of carboxylic acids is 3. The zero-order chi connectivity index (χ0) is 31.2. The lowest BCUT2D eigenvalue weighted by atomic mass is 9.96. The highest BCUT2D eigenvalue weighted by atomic mass is 16.4. The van der Waals surface area contributed by atoms with Crippen molar-refractivity contribution in [3.63, 3.8) is 0 Å². The lowest BCUT2D eigenvalue weighted by molar-refractivity contribution is -0.671. The highest BCUT2D eigenvalue weighted by Gasteiger charge is 2.29. The molecule has 0 aliphatic carbocycles. The van der Waals surface area contributed by atoms with Gasteiger partial charge in [0.25, 0.3) is 0 Å². The Kier molecular flexibility index (Phi) is 15.0. The van der Waals surface area contributed by atoms with Gasteiger partial charge in [-0.3, -0.25) is 0 Å². The van der Waals surface area contributed by atoms with E-state index in [1.165, 1.54) is 0 Å². The van der Waals surface area contributed by atoms with E-state index in [-0.39, 0.29) is 0 Å². The molecule has 0 radical (unpaired) electrons. The second-order valence-corrected chi connectivity index (χ2v) is 8.89. The van der Waals surface area contributed by atoms with Crippen molar-refractivity contribution in [1.29, 1.82) is 0 Å². The highest BCUT2D eigenvalue weighted by Crippen LogP contribution is 2.13. The summed E-state index contributed by atoms with van der Waals surface area (Å²) in [5, 5.41) is 65.9. The fourth-order valence-corrected chi connectivity index (χ4v) is 2.76. The summed E-state index contributed by atoms with van der Waals surface area (Å²) in [6, 6.07) is 0. The molecule has 0 bridgehead atoms. The van der Waals surface area contributed by atoms with E-state index < -0.39 is 55.0 Å². The molecule has 3 unspecified atom stereocenters. The summed E-state index contributed by atoms with van der Waals surface area (Å²) >= 11 is 0. The minimum atomic E-state index is -2.97. The van der Waals surface area contributed by atoms with E-state index >= 15 is 0 Å². The van der Waals surface area contributed by atoms with Gasteiger partial charge in [-0.2, -0.15) is 0 Å². The minimum absolute atomic E-state index is 0.425. The maximum absolute atomic E-state index is 10.1. The third-order valence-corrected chi connectivity index (χ3v) is 4.92. The van der Waals surface area contributed by atoms with Gasteiger partial charge >= 0.3 is 0 Å². The van der Waals surface area contributed by atoms with Gasteiger partial charge in [0.05, 0.1) is 27.1 Å². The molecular weight excluding hydrogens is 532 g/mol. The molecule has 3 rings (SSSR count). The monoisotopic (exact) mass is 570 g/mol. The summed E-state index contributed by atoms with van der Waals surface area (Å²) in [4.78, 5) is 30.0. The number of carbonyl (C=O) groups excluding carboxylic acids is 3. The Morgan fingerprint density at radius 1 is 0.675 bits per heavy atom. The third-order valence-electron chi connectivity index (χ3n) is 4.92. The van der Waals surface area contributed by atoms with Crippen LogP contribution in [0, 0.1) is 0 Å². The Morgan fingerprint density at radius 3 is 1.02 bits per heavy atom. The van der Waals surface area contributed by atoms with E-state index in [9.17, 15) is 29.7 Å². The van der Waals surface area contributed by atoms with Crippen LogP contribution in [0.15, 0.2) is 56.2 Å². The van der Waals surface area contributed by atoms with Gasteiger partial charge in [-0.15, -0.1) is 0 Å². The van der Waals surface area contributed by atoms with Crippen LogP contribution in [0.4, 0.5) is 0 Å². The fourth-order valence-electron chi connectivity index (χ4n) is 2.76. The van der Waals surface area contributed by atoms with Crippen molar-refractivity contribution in [1.82, 2.24) is 13.7 Å². The number of rotatable bonds is 8. The smallest absolute Gasteiger partial charge is 0.245 e. The van der Waals surface area contributed by atoms with Crippen molar-refractivity contribution in [3.05, 3.63) is 56.2 Å². The number of carbonyl (C=O) groups is 3. The first-order valence-corrected chi connectivity index (χ1v) is 11.8. The van der Waals surface area contributed by atoms with E-state index in [2.05, 4.69) is 0 Å². The maximum atomic E-state index is 10.1. The number of aliphatic carboxylic acids is 3. The van der Waals surface area contributed by atoms with Crippen LogP contribution in [0.1, 0.15) is 52.3 Å². The van der Waals surface area contributed by atoms with Gasteiger partial charge in [-0.1, -0.05) is 0 Å². The zero-order valence-corrected chi connectivity index (χ0v) is 23.3. The molecule has 3 heterocycles. The van der Waals surface area contributed by atoms with Crippen molar-refractivity contribution in [2.24, 2.45) is 21.1 Å². The number of imidazole rings is 3. The van der Waals surface area contributed by atoms with Crippen LogP contribution in [0.5, 0.6) is 0 Å². The van der Waals surface area contributed by atoms with Gasteiger partial charge in [0.1, 0.15) is 42.8 Å². The number of hydrogen-bond acceptors (Lipinski definition) is 10. The van der Waals surface area contributed by atoms with E-state index in [4.69, 9.17) is 20.4 Å². The van der Waals surface area contributed by atoms with E-state index in [0.717, 1.165) is 0 Å². The Balaban J connectivity index is 0.000000513. The van der Waals surface area contributed by atoms with Crippen LogP contribution in [0.3, 0.4) is 0 Å². The molecule has 40 heavy (non-hydrogen) atoms. The zero-order valence-electron chi connectivity index (χ0n) is 23.3. The normalized spacial score (nSPS) is 12.8. The van der Waals surface area contributed by atoms with Gasteiger partial charge in [-0.05, 0) is 0 Å². The van der Waals surface area contributed by atoms with Crippen LogP contribution in [-0.4, -0.2) is 57.6 Å². The molecular formula is C24H38N6O10. The molecule has 0 amide bonds. The predicted octanol–water partition coefficient (Wildman–Crippen LogP) is -5.78. The molecule has 3 atom stereocenters. The molecule has 0 saturated carbocycles. The minimum Gasteiger partial charge on any atom is -0.550 e. The number of aromatic nitrogens is 6. The van der Waals surface area contributed by atoms with Crippen molar-refractivity contribution in [2.45, 2.75) is 57.9 Å². The summed E-state index contributed by atoms with van der Waals surface area (Å²) in [6.07, 6.45) is 12.6. The average molecular weight is 571 g/mol. The highest BCUT2D eigenvalue weighted by molar-refractivity contribution is 5.86. The molecule has 224 valence electrons. The first-order chi connectivity index (χ1) is 18.4. The molecule has 3 aromatic rings. The lowest BCUT2D eigenvalue weighted by Gasteiger charge is -2.29. The second kappa shape index (κ2) is 16.8. The van der Waals surface area contributed by atoms with Crippen molar-refractivity contribution >= 4 is 17.9 Å². The SMILES string of the molecule is CC(O)n1cc[n+](C)c1.CC(O)n1cc[n+](C)c1.CC(O)n1cc[n+](C)c1.O=C([O-])CC(O)(CC(=O)[O-])C(=O)[O-]. The van der Waals surface area contributed by atoms with Gasteiger partial charge in [0.15, 0.2) is 18.7 Å². The number of aliphatic hydroxyl groups is 4. The van der Waals surface area contributed by atoms with Crippen LogP contribution < -0.4 is 29.0 Å². The van der Waals surface area contributed by atoms with Crippen LogP contribution in [0.25, 0.3) is 0 Å². The molecule has 0 spiro atoms. The van der Waals surface area contributed by atoms with Crippen molar-refractivity contribution in [3.8, 4) is 0 Å². The van der Waals surface area contributed by atoms with Gasteiger partial charge in [0.2, 0.25) is 19.0 Å².